The smallest absolute Gasteiger partial charge is 0.219 e. The predicted molar refractivity (Wildman–Crippen MR) is 113 cm³/mol. The molecule has 0 aliphatic carbocycles. The normalized spacial score (nSPS) is 18.2. The number of rotatable bonds is 8. The number of thioether (sulfide) groups is 1. The fraction of sp³-hybridized carbons (Fsp3) is 0.474. The molecule has 3 heterocycles. The van der Waals surface area contributed by atoms with Crippen molar-refractivity contribution in [3.05, 3.63) is 41.5 Å². The second kappa shape index (κ2) is 10.1. The molecule has 2 aliphatic rings. The minimum Gasteiger partial charge on any atom is -0.481 e. The van der Waals surface area contributed by atoms with E-state index in [0.29, 0.717) is 22.9 Å². The number of methoxy groups -OCH3 is 1. The molecule has 0 unspecified atom stereocenters. The zero-order valence-electron chi connectivity index (χ0n) is 16.5. The SMILES string of the molecule is COc1cc(NSN2CC(N3CCOCC3)C2)nc(SCc2cccc(F)c2F)n1. The van der Waals surface area contributed by atoms with E-state index in [1.165, 1.54) is 37.1 Å². The molecule has 11 heteroatoms. The zero-order chi connectivity index (χ0) is 20.9. The fourth-order valence-corrected chi connectivity index (χ4v) is 4.85. The zero-order valence-corrected chi connectivity index (χ0v) is 18.1. The third-order valence-corrected chi connectivity index (χ3v) is 6.70. The fourth-order valence-electron chi connectivity index (χ4n) is 3.20. The molecule has 4 rings (SSSR count). The van der Waals surface area contributed by atoms with Crippen molar-refractivity contribution < 1.29 is 18.3 Å². The van der Waals surface area contributed by atoms with Crippen LogP contribution in [0.5, 0.6) is 5.88 Å². The van der Waals surface area contributed by atoms with Crippen molar-refractivity contribution in [3.8, 4) is 5.88 Å². The quantitative estimate of drug-likeness (QED) is 0.368. The number of nitrogens with zero attached hydrogens (tertiary/aromatic N) is 4. The Morgan fingerprint density at radius 3 is 2.80 bits per heavy atom. The Hall–Kier alpha value is -1.66. The third-order valence-electron chi connectivity index (χ3n) is 4.95. The van der Waals surface area contributed by atoms with Crippen LogP contribution in [0.3, 0.4) is 0 Å². The molecule has 0 atom stereocenters. The Bertz CT molecular complexity index is 867. The van der Waals surface area contributed by atoms with Crippen LogP contribution in [0.1, 0.15) is 5.56 Å². The highest BCUT2D eigenvalue weighted by Crippen LogP contribution is 2.28. The van der Waals surface area contributed by atoms with Gasteiger partial charge in [-0.3, -0.25) is 4.90 Å². The molecular weight excluding hydrogens is 432 g/mol. The van der Waals surface area contributed by atoms with E-state index < -0.39 is 11.6 Å². The standard InChI is InChI=1S/C19H23F2N5O2S2/c1-27-17-9-16(24-30-26-10-14(11-26)25-5-7-28-8-6-25)22-19(23-17)29-12-13-3-2-4-15(20)18(13)21/h2-4,9,14H,5-8,10-12H2,1H3,(H,22,23,24). The minimum atomic E-state index is -0.858. The highest BCUT2D eigenvalue weighted by Gasteiger charge is 2.33. The molecule has 2 saturated heterocycles. The Morgan fingerprint density at radius 1 is 1.23 bits per heavy atom. The van der Waals surface area contributed by atoms with Gasteiger partial charge in [0.15, 0.2) is 16.8 Å². The topological polar surface area (TPSA) is 62.8 Å². The van der Waals surface area contributed by atoms with Crippen LogP contribution in [-0.2, 0) is 10.5 Å². The van der Waals surface area contributed by atoms with Gasteiger partial charge in [0.1, 0.15) is 5.82 Å². The molecule has 0 saturated carbocycles. The van der Waals surface area contributed by atoms with Crippen molar-refractivity contribution in [1.29, 1.82) is 0 Å². The lowest BCUT2D eigenvalue weighted by atomic mass is 10.1. The molecule has 2 aromatic rings. The predicted octanol–water partition coefficient (Wildman–Crippen LogP) is 3.05. The summed E-state index contributed by atoms with van der Waals surface area (Å²) in [5.74, 6) is -0.469. The first-order valence-electron chi connectivity index (χ1n) is 9.61. The van der Waals surface area contributed by atoms with Crippen LogP contribution in [-0.4, -0.2) is 71.7 Å². The molecule has 0 amide bonds. The van der Waals surface area contributed by atoms with Crippen LogP contribution in [0, 0.1) is 11.6 Å². The average molecular weight is 456 g/mol. The summed E-state index contributed by atoms with van der Waals surface area (Å²) >= 11 is 2.71. The van der Waals surface area contributed by atoms with Crippen molar-refractivity contribution in [2.45, 2.75) is 17.0 Å². The number of ether oxygens (including phenoxy) is 2. The molecule has 1 N–H and O–H groups in total. The maximum absolute atomic E-state index is 13.9. The summed E-state index contributed by atoms with van der Waals surface area (Å²) in [6.07, 6.45) is 0. The Morgan fingerprint density at radius 2 is 2.03 bits per heavy atom. The van der Waals surface area contributed by atoms with E-state index >= 15 is 0 Å². The Balaban J connectivity index is 1.31. The van der Waals surface area contributed by atoms with Gasteiger partial charge in [-0.15, -0.1) is 0 Å². The van der Waals surface area contributed by atoms with E-state index in [2.05, 4.69) is 23.9 Å². The van der Waals surface area contributed by atoms with Crippen LogP contribution in [0.25, 0.3) is 0 Å². The van der Waals surface area contributed by atoms with Crippen LogP contribution < -0.4 is 9.46 Å². The maximum Gasteiger partial charge on any atom is 0.219 e. The molecule has 162 valence electrons. The van der Waals surface area contributed by atoms with Crippen molar-refractivity contribution >= 4 is 29.7 Å². The van der Waals surface area contributed by atoms with E-state index in [4.69, 9.17) is 9.47 Å². The van der Waals surface area contributed by atoms with E-state index in [1.54, 1.807) is 12.1 Å². The van der Waals surface area contributed by atoms with E-state index in [-0.39, 0.29) is 11.3 Å². The monoisotopic (exact) mass is 455 g/mol. The van der Waals surface area contributed by atoms with Gasteiger partial charge in [-0.05, 0) is 6.07 Å². The summed E-state index contributed by atoms with van der Waals surface area (Å²) in [7, 11) is 1.53. The maximum atomic E-state index is 13.9. The lowest BCUT2D eigenvalue weighted by Gasteiger charge is -2.45. The molecule has 2 fully saturated rings. The van der Waals surface area contributed by atoms with Gasteiger partial charge >= 0.3 is 0 Å². The lowest BCUT2D eigenvalue weighted by Crippen LogP contribution is -2.59. The highest BCUT2D eigenvalue weighted by atomic mass is 32.2. The second-order valence-electron chi connectivity index (χ2n) is 6.92. The molecule has 1 aromatic carbocycles. The Kier molecular flexibility index (Phi) is 7.26. The van der Waals surface area contributed by atoms with Crippen LogP contribution in [0.2, 0.25) is 0 Å². The van der Waals surface area contributed by atoms with Gasteiger partial charge in [-0.2, -0.15) is 4.98 Å². The molecular formula is C19H23F2N5O2S2. The van der Waals surface area contributed by atoms with Gasteiger partial charge in [0, 0.05) is 61.7 Å². The number of aromatic nitrogens is 2. The number of benzene rings is 1. The van der Waals surface area contributed by atoms with E-state index in [0.717, 1.165) is 45.5 Å². The van der Waals surface area contributed by atoms with Crippen molar-refractivity contribution in [1.82, 2.24) is 19.2 Å². The van der Waals surface area contributed by atoms with Gasteiger partial charge < -0.3 is 14.2 Å². The van der Waals surface area contributed by atoms with Gasteiger partial charge in [0.25, 0.3) is 0 Å². The molecule has 30 heavy (non-hydrogen) atoms. The van der Waals surface area contributed by atoms with Crippen LogP contribution >= 0.6 is 23.9 Å². The molecule has 7 nitrogen and oxygen atoms in total. The summed E-state index contributed by atoms with van der Waals surface area (Å²) in [6.45, 7) is 5.55. The van der Waals surface area contributed by atoms with E-state index in [1.807, 2.05) is 0 Å². The summed E-state index contributed by atoms with van der Waals surface area (Å²) in [5.41, 5.74) is 0.269. The van der Waals surface area contributed by atoms with Crippen molar-refractivity contribution in [2.24, 2.45) is 0 Å². The first kappa shape index (κ1) is 21.6. The summed E-state index contributed by atoms with van der Waals surface area (Å²) < 4.78 is 43.4. The van der Waals surface area contributed by atoms with Crippen LogP contribution in [0.15, 0.2) is 29.4 Å². The van der Waals surface area contributed by atoms with E-state index in [9.17, 15) is 8.78 Å². The first-order chi connectivity index (χ1) is 14.6. The number of anilines is 1. The number of nitrogens with one attached hydrogen (secondary N) is 1. The van der Waals surface area contributed by atoms with Gasteiger partial charge in [-0.1, -0.05) is 23.9 Å². The minimum absolute atomic E-state index is 0.219. The molecule has 0 radical (unpaired) electrons. The second-order valence-corrected chi connectivity index (χ2v) is 8.77. The largest absolute Gasteiger partial charge is 0.481 e. The molecule has 2 aliphatic heterocycles. The van der Waals surface area contributed by atoms with Crippen LogP contribution in [0.4, 0.5) is 14.6 Å². The molecule has 0 spiro atoms. The third kappa shape index (κ3) is 5.33. The van der Waals surface area contributed by atoms with Gasteiger partial charge in [0.05, 0.1) is 20.3 Å². The van der Waals surface area contributed by atoms with Gasteiger partial charge in [-0.25, -0.2) is 18.1 Å². The van der Waals surface area contributed by atoms with Crippen molar-refractivity contribution in [2.75, 3.05) is 51.2 Å². The lowest BCUT2D eigenvalue weighted by molar-refractivity contribution is -0.00964. The van der Waals surface area contributed by atoms with Gasteiger partial charge in [0.2, 0.25) is 5.88 Å². The number of morpholine rings is 1. The molecule has 0 bridgehead atoms. The summed E-state index contributed by atoms with van der Waals surface area (Å²) in [5, 5.41) is 0.427. The van der Waals surface area contributed by atoms with Crippen molar-refractivity contribution in [3.63, 3.8) is 0 Å². The average Bonchev–Trinajstić information content (AvgIpc) is 2.74. The summed E-state index contributed by atoms with van der Waals surface area (Å²) in [4.78, 5) is 11.2. The number of hydrogen-bond donors (Lipinski definition) is 1. The number of halogens is 2. The molecule has 1 aromatic heterocycles. The Labute approximate surface area is 182 Å². The number of hydrogen-bond acceptors (Lipinski definition) is 9. The highest BCUT2D eigenvalue weighted by molar-refractivity contribution is 7.98. The first-order valence-corrected chi connectivity index (χ1v) is 11.4. The summed E-state index contributed by atoms with van der Waals surface area (Å²) in [6, 6.07) is 6.41.